The Labute approximate surface area is 185 Å². The normalized spacial score (nSPS) is 16.3. The zero-order valence-electron chi connectivity index (χ0n) is 17.7. The van der Waals surface area contributed by atoms with E-state index in [1.807, 2.05) is 42.2 Å². The molecule has 162 valence electrons. The first-order valence-corrected chi connectivity index (χ1v) is 10.5. The lowest BCUT2D eigenvalue weighted by Gasteiger charge is -2.36. The molecule has 0 unspecified atom stereocenters. The number of amides is 1. The molecular weight excluding hydrogens is 406 g/mol. The van der Waals surface area contributed by atoms with Gasteiger partial charge in [-0.3, -0.25) is 4.79 Å². The second-order valence-corrected chi connectivity index (χ2v) is 7.78. The van der Waals surface area contributed by atoms with Crippen molar-refractivity contribution in [1.29, 1.82) is 0 Å². The Morgan fingerprint density at radius 1 is 1.12 bits per heavy atom. The maximum Gasteiger partial charge on any atom is 0.256 e. The van der Waals surface area contributed by atoms with Crippen molar-refractivity contribution in [3.63, 3.8) is 0 Å². The molecule has 3 heterocycles. The summed E-state index contributed by atoms with van der Waals surface area (Å²) in [6, 6.07) is 13.8. The van der Waals surface area contributed by atoms with Gasteiger partial charge in [0.15, 0.2) is 0 Å². The van der Waals surface area contributed by atoms with Crippen molar-refractivity contribution in [3.8, 4) is 11.4 Å². The Morgan fingerprint density at radius 2 is 2.00 bits per heavy atom. The molecule has 1 aliphatic heterocycles. The summed E-state index contributed by atoms with van der Waals surface area (Å²) in [6.45, 7) is 3.51. The molecule has 0 spiro atoms. The van der Waals surface area contributed by atoms with Crippen molar-refractivity contribution < 1.29 is 9.53 Å². The maximum atomic E-state index is 13.7. The van der Waals surface area contributed by atoms with Gasteiger partial charge in [-0.25, -0.2) is 9.67 Å². The Hall–Kier alpha value is -3.85. The van der Waals surface area contributed by atoms with Crippen molar-refractivity contribution in [1.82, 2.24) is 34.7 Å². The molecule has 9 heteroatoms. The fourth-order valence-corrected chi connectivity index (χ4v) is 4.02. The zero-order valence-corrected chi connectivity index (χ0v) is 17.7. The fraction of sp³-hybridized carbons (Fsp3) is 0.261. The van der Waals surface area contributed by atoms with Gasteiger partial charge in [0, 0.05) is 6.54 Å². The highest BCUT2D eigenvalue weighted by molar-refractivity contribution is 5.98. The highest BCUT2D eigenvalue weighted by Gasteiger charge is 2.30. The SMILES string of the molecule is Cc1ccc(-n2nccn2)c(C(=O)N2CCOC[C@H]2Cc2cccc(-n3cncn3)c2)c1. The third kappa shape index (κ3) is 4.02. The van der Waals surface area contributed by atoms with Crippen molar-refractivity contribution >= 4 is 5.91 Å². The van der Waals surface area contributed by atoms with Crippen molar-refractivity contribution in [2.75, 3.05) is 19.8 Å². The molecular formula is C23H23N7O2. The summed E-state index contributed by atoms with van der Waals surface area (Å²) in [4.78, 5) is 21.1. The molecule has 2 aromatic carbocycles. The molecule has 5 rings (SSSR count). The summed E-state index contributed by atoms with van der Waals surface area (Å²) in [5, 5.41) is 12.6. The zero-order chi connectivity index (χ0) is 21.9. The minimum Gasteiger partial charge on any atom is -0.377 e. The lowest BCUT2D eigenvalue weighted by atomic mass is 10.0. The summed E-state index contributed by atoms with van der Waals surface area (Å²) >= 11 is 0. The topological polar surface area (TPSA) is 91.0 Å². The predicted octanol–water partition coefficient (Wildman–Crippen LogP) is 2.24. The van der Waals surface area contributed by atoms with E-state index in [0.29, 0.717) is 37.4 Å². The number of nitrogens with zero attached hydrogens (tertiary/aromatic N) is 7. The van der Waals surface area contributed by atoms with Crippen LogP contribution in [0.5, 0.6) is 0 Å². The second kappa shape index (κ2) is 8.72. The van der Waals surface area contributed by atoms with Gasteiger partial charge >= 0.3 is 0 Å². The quantitative estimate of drug-likeness (QED) is 0.483. The predicted molar refractivity (Wildman–Crippen MR) is 117 cm³/mol. The minimum absolute atomic E-state index is 0.0401. The van der Waals surface area contributed by atoms with Crippen LogP contribution in [0.25, 0.3) is 11.4 Å². The largest absolute Gasteiger partial charge is 0.377 e. The highest BCUT2D eigenvalue weighted by atomic mass is 16.5. The van der Waals surface area contributed by atoms with Crippen LogP contribution < -0.4 is 0 Å². The summed E-state index contributed by atoms with van der Waals surface area (Å²) in [5.41, 5.74) is 4.30. The molecule has 0 saturated carbocycles. The summed E-state index contributed by atoms with van der Waals surface area (Å²) < 4.78 is 7.47. The standard InChI is InChI=1S/C23H23N7O2/c1-17-5-6-22(30-25-7-8-26-30)21(11-17)23(31)28-9-10-32-14-20(28)13-18-3-2-4-19(12-18)29-16-24-15-27-29/h2-8,11-12,15-16,20H,9-10,13-14H2,1H3/t20-/m1/s1. The molecule has 9 nitrogen and oxygen atoms in total. The molecule has 32 heavy (non-hydrogen) atoms. The van der Waals surface area contributed by atoms with Crippen molar-refractivity contribution in [2.24, 2.45) is 0 Å². The molecule has 0 bridgehead atoms. The van der Waals surface area contributed by atoms with Gasteiger partial charge in [0.25, 0.3) is 5.91 Å². The molecule has 2 aromatic heterocycles. The van der Waals surface area contributed by atoms with E-state index in [2.05, 4.69) is 32.4 Å². The Morgan fingerprint density at radius 3 is 2.81 bits per heavy atom. The van der Waals surface area contributed by atoms with Crippen LogP contribution in [0.1, 0.15) is 21.5 Å². The lowest BCUT2D eigenvalue weighted by molar-refractivity contribution is -0.00165. The van der Waals surface area contributed by atoms with Crippen LogP contribution in [0, 0.1) is 6.92 Å². The molecule has 4 aromatic rings. The molecule has 1 saturated heterocycles. The number of carbonyl (C=O) groups is 1. The summed E-state index contributed by atoms with van der Waals surface area (Å²) in [5.74, 6) is -0.0401. The van der Waals surface area contributed by atoms with Gasteiger partial charge < -0.3 is 9.64 Å². The molecule has 0 radical (unpaired) electrons. The number of hydrogen-bond acceptors (Lipinski definition) is 6. The van der Waals surface area contributed by atoms with Gasteiger partial charge in [-0.05, 0) is 43.2 Å². The third-order valence-electron chi connectivity index (χ3n) is 5.57. The van der Waals surface area contributed by atoms with Gasteiger partial charge in [0.05, 0.1) is 48.6 Å². The van der Waals surface area contributed by atoms with Crippen molar-refractivity contribution in [3.05, 3.63) is 84.2 Å². The van der Waals surface area contributed by atoms with Gasteiger partial charge in [0.1, 0.15) is 12.7 Å². The maximum absolute atomic E-state index is 13.7. The second-order valence-electron chi connectivity index (χ2n) is 7.78. The first-order chi connectivity index (χ1) is 15.7. The van der Waals surface area contributed by atoms with Crippen molar-refractivity contribution in [2.45, 2.75) is 19.4 Å². The van der Waals surface area contributed by atoms with Crippen LogP contribution in [0.15, 0.2) is 67.5 Å². The van der Waals surface area contributed by atoms with Crippen LogP contribution in [-0.4, -0.2) is 66.4 Å². The smallest absolute Gasteiger partial charge is 0.256 e. The molecule has 0 N–H and O–H groups in total. The van der Waals surface area contributed by atoms with Crippen LogP contribution in [0.3, 0.4) is 0 Å². The molecule has 0 aliphatic carbocycles. The monoisotopic (exact) mass is 429 g/mol. The molecule has 1 fully saturated rings. The van der Waals surface area contributed by atoms with E-state index < -0.39 is 0 Å². The van der Waals surface area contributed by atoms with Crippen LogP contribution in [0.2, 0.25) is 0 Å². The van der Waals surface area contributed by atoms with Crippen LogP contribution in [-0.2, 0) is 11.2 Å². The number of hydrogen-bond donors (Lipinski definition) is 0. The molecule has 1 amide bonds. The van der Waals surface area contributed by atoms with Crippen LogP contribution in [0.4, 0.5) is 0 Å². The average molecular weight is 429 g/mol. The van der Waals surface area contributed by atoms with Gasteiger partial charge in [0.2, 0.25) is 0 Å². The number of carbonyl (C=O) groups excluding carboxylic acids is 1. The van der Waals surface area contributed by atoms with E-state index in [1.165, 1.54) is 11.1 Å². The Kier molecular flexibility index (Phi) is 5.47. The fourth-order valence-electron chi connectivity index (χ4n) is 4.02. The lowest BCUT2D eigenvalue weighted by Crippen LogP contribution is -2.50. The number of aryl methyl sites for hydroxylation is 1. The van der Waals surface area contributed by atoms with E-state index in [0.717, 1.165) is 16.8 Å². The third-order valence-corrected chi connectivity index (χ3v) is 5.57. The molecule has 1 atom stereocenters. The average Bonchev–Trinajstić information content (AvgIpc) is 3.54. The minimum atomic E-state index is -0.0822. The van der Waals surface area contributed by atoms with E-state index in [4.69, 9.17) is 4.74 Å². The Bertz CT molecular complexity index is 1210. The first-order valence-electron chi connectivity index (χ1n) is 10.5. The van der Waals surface area contributed by atoms with Gasteiger partial charge in [-0.15, -0.1) is 0 Å². The van der Waals surface area contributed by atoms with Crippen LogP contribution >= 0.6 is 0 Å². The number of aromatic nitrogens is 6. The van der Waals surface area contributed by atoms with E-state index in [9.17, 15) is 4.79 Å². The van der Waals surface area contributed by atoms with Gasteiger partial charge in [-0.2, -0.15) is 20.1 Å². The Balaban J connectivity index is 1.43. The van der Waals surface area contributed by atoms with Gasteiger partial charge in [-0.1, -0.05) is 23.8 Å². The number of ether oxygens (including phenoxy) is 1. The number of morpholine rings is 1. The summed E-state index contributed by atoms with van der Waals surface area (Å²) in [7, 11) is 0. The summed E-state index contributed by atoms with van der Waals surface area (Å²) in [6.07, 6.45) is 7.06. The van der Waals surface area contributed by atoms with E-state index >= 15 is 0 Å². The molecule has 1 aliphatic rings. The number of rotatable bonds is 5. The first kappa shape index (κ1) is 20.1. The highest BCUT2D eigenvalue weighted by Crippen LogP contribution is 2.22. The van der Waals surface area contributed by atoms with E-state index in [-0.39, 0.29) is 11.9 Å². The van der Waals surface area contributed by atoms with E-state index in [1.54, 1.807) is 23.4 Å². The number of benzene rings is 2.